The van der Waals surface area contributed by atoms with Crippen LogP contribution < -0.4 is 15.4 Å². The molecular weight excluding hydrogens is 520 g/mol. The lowest BCUT2D eigenvalue weighted by Gasteiger charge is -2.53. The highest BCUT2D eigenvalue weighted by Gasteiger charge is 2.58. The minimum Gasteiger partial charge on any atom is -0.479 e. The minimum absolute atomic E-state index is 0.0000649. The molecule has 10 heteroatoms. The van der Waals surface area contributed by atoms with Gasteiger partial charge < -0.3 is 19.3 Å². The zero-order chi connectivity index (χ0) is 28.7. The lowest BCUT2D eigenvalue weighted by molar-refractivity contribution is -0.157. The summed E-state index contributed by atoms with van der Waals surface area (Å²) < 4.78 is 13.0. The molecule has 0 aromatic heterocycles. The highest BCUT2D eigenvalue weighted by molar-refractivity contribution is 5.95. The van der Waals surface area contributed by atoms with E-state index in [1.807, 2.05) is 19.1 Å². The molecule has 4 fully saturated rings. The Balaban J connectivity index is 1.24. The van der Waals surface area contributed by atoms with Crippen molar-refractivity contribution >= 4 is 11.7 Å². The van der Waals surface area contributed by atoms with Gasteiger partial charge in [-0.05, 0) is 63.4 Å². The monoisotopic (exact) mass is 562 g/mol. The Morgan fingerprint density at radius 3 is 2.85 bits per heavy atom. The number of para-hydroxylation sites is 1. The van der Waals surface area contributed by atoms with Gasteiger partial charge in [-0.25, -0.2) is 0 Å². The average molecular weight is 563 g/mol. The molecule has 6 rings (SSSR count). The van der Waals surface area contributed by atoms with E-state index in [-0.39, 0.29) is 36.2 Å². The van der Waals surface area contributed by atoms with Crippen molar-refractivity contribution in [3.63, 3.8) is 0 Å². The van der Waals surface area contributed by atoms with Gasteiger partial charge in [-0.3, -0.25) is 25.1 Å². The topological polar surface area (TPSA) is 110 Å². The molecule has 1 amide bonds. The molecule has 1 aliphatic carbocycles. The van der Waals surface area contributed by atoms with Crippen molar-refractivity contribution in [3.8, 4) is 11.8 Å². The van der Waals surface area contributed by atoms with Gasteiger partial charge >= 0.3 is 0 Å². The number of ketones is 1. The maximum Gasteiger partial charge on any atom is 0.246 e. The van der Waals surface area contributed by atoms with Gasteiger partial charge in [0.05, 0.1) is 37.3 Å². The molecule has 3 saturated heterocycles. The van der Waals surface area contributed by atoms with Crippen LogP contribution in [0.5, 0.6) is 5.75 Å². The summed E-state index contributed by atoms with van der Waals surface area (Å²) >= 11 is 0. The van der Waals surface area contributed by atoms with E-state index < -0.39 is 18.0 Å². The highest BCUT2D eigenvalue weighted by Crippen LogP contribution is 2.46. The van der Waals surface area contributed by atoms with Crippen LogP contribution >= 0.6 is 0 Å². The van der Waals surface area contributed by atoms with Gasteiger partial charge in [0.1, 0.15) is 5.75 Å². The van der Waals surface area contributed by atoms with E-state index in [0.29, 0.717) is 45.1 Å². The number of ether oxygens (including phenoxy) is 2. The number of nitriles is 1. The fourth-order valence-electron chi connectivity index (χ4n) is 7.70. The molecule has 7 atom stereocenters. The fraction of sp³-hybridized carbons (Fsp3) is 0.645. The number of benzene rings is 1. The second-order valence-corrected chi connectivity index (χ2v) is 12.4. The molecule has 1 aromatic rings. The molecule has 4 heterocycles. The van der Waals surface area contributed by atoms with Crippen LogP contribution in [0.15, 0.2) is 30.9 Å². The van der Waals surface area contributed by atoms with Gasteiger partial charge in [0.2, 0.25) is 5.91 Å². The quantitative estimate of drug-likeness (QED) is 0.499. The Kier molecular flexibility index (Phi) is 7.92. The molecular formula is C31H42N6O4. The van der Waals surface area contributed by atoms with E-state index >= 15 is 0 Å². The van der Waals surface area contributed by atoms with Gasteiger partial charge in [-0.2, -0.15) is 5.26 Å². The third kappa shape index (κ3) is 5.19. The van der Waals surface area contributed by atoms with Gasteiger partial charge in [-0.1, -0.05) is 24.8 Å². The summed E-state index contributed by atoms with van der Waals surface area (Å²) in [7, 11) is 2.13. The summed E-state index contributed by atoms with van der Waals surface area (Å²) in [6.45, 7) is 9.02. The summed E-state index contributed by atoms with van der Waals surface area (Å²) in [5, 5.41) is 16.7. The number of nitrogens with one attached hydrogen (secondary N) is 2. The van der Waals surface area contributed by atoms with E-state index in [4.69, 9.17) is 9.47 Å². The number of carbonyl (C=O) groups is 2. The number of piperazine rings is 1. The van der Waals surface area contributed by atoms with Gasteiger partial charge in [-0.15, -0.1) is 0 Å². The number of rotatable bonds is 6. The van der Waals surface area contributed by atoms with E-state index in [9.17, 15) is 14.9 Å². The zero-order valence-electron chi connectivity index (χ0n) is 24.2. The number of hydrogen-bond donors (Lipinski definition) is 2. The lowest BCUT2D eigenvalue weighted by Crippen LogP contribution is -2.75. The fourth-order valence-corrected chi connectivity index (χ4v) is 7.70. The molecule has 6 unspecified atom stereocenters. The Hall–Kier alpha value is -2.81. The molecule has 0 radical (unpaired) electrons. The number of aryl methyl sites for hydroxylation is 1. The van der Waals surface area contributed by atoms with Crippen molar-refractivity contribution in [3.05, 3.63) is 42.0 Å². The number of amides is 1. The van der Waals surface area contributed by atoms with E-state index in [2.05, 4.69) is 46.2 Å². The number of Topliss-reactive ketones (excluding diaryl/α,β-unsaturated/α-hetero) is 1. The third-order valence-corrected chi connectivity index (χ3v) is 9.99. The molecule has 10 nitrogen and oxygen atoms in total. The van der Waals surface area contributed by atoms with Gasteiger partial charge in [0.15, 0.2) is 17.7 Å². The van der Waals surface area contributed by atoms with Crippen molar-refractivity contribution in [1.29, 1.82) is 5.26 Å². The predicted molar refractivity (Wildman–Crippen MR) is 153 cm³/mol. The predicted octanol–water partition coefficient (Wildman–Crippen LogP) is 1.54. The van der Waals surface area contributed by atoms with Gasteiger partial charge in [0.25, 0.3) is 0 Å². The standard InChI is InChI=1S/C31H42N6O4/c1-4-25(38)37-16-15-36(18-22(37)11-13-32)29-24-10-12-31(17-21-8-5-7-20(2)27(21)41-31)28(39)26(24)33-30(34-29)40-19-23-9-6-14-35(23)3/h4-5,7-8,22-24,26,29-30,33-34H,1,6,9-12,14-19H2,2-3H3/t22?,23?,24?,26?,29?,30?,31-/m0/s1. The van der Waals surface area contributed by atoms with E-state index in [1.54, 1.807) is 4.90 Å². The minimum atomic E-state index is -0.862. The van der Waals surface area contributed by atoms with Crippen LogP contribution in [-0.4, -0.2) is 102 Å². The summed E-state index contributed by atoms with van der Waals surface area (Å²) in [5.41, 5.74) is 1.30. The Labute approximate surface area is 242 Å². The SMILES string of the molecule is C=CC(=O)N1CCN(C2NC(OCC3CCCN3C)NC3C(=O)[C@]4(CCC32)Cc2cccc(C)c2O4)CC1CC#N. The van der Waals surface area contributed by atoms with E-state index in [1.165, 1.54) is 6.08 Å². The average Bonchev–Trinajstić information content (AvgIpc) is 3.57. The maximum absolute atomic E-state index is 14.4. The normalized spacial score (nSPS) is 35.5. The number of hydrogen-bond acceptors (Lipinski definition) is 9. The van der Waals surface area contributed by atoms with Crippen molar-refractivity contribution in [2.24, 2.45) is 5.92 Å². The molecule has 2 N–H and O–H groups in total. The summed E-state index contributed by atoms with van der Waals surface area (Å²) in [6.07, 6.45) is 5.24. The summed E-state index contributed by atoms with van der Waals surface area (Å²) in [5.74, 6) is 0.798. The summed E-state index contributed by atoms with van der Waals surface area (Å²) in [4.78, 5) is 33.3. The van der Waals surface area contributed by atoms with Crippen LogP contribution in [0.4, 0.5) is 0 Å². The Morgan fingerprint density at radius 1 is 1.27 bits per heavy atom. The molecule has 0 bridgehead atoms. The molecule has 4 aliphatic heterocycles. The highest BCUT2D eigenvalue weighted by atomic mass is 16.5. The molecule has 1 saturated carbocycles. The first-order valence-corrected chi connectivity index (χ1v) is 15.0. The second kappa shape index (κ2) is 11.5. The lowest BCUT2D eigenvalue weighted by atomic mass is 9.70. The first kappa shape index (κ1) is 28.3. The first-order chi connectivity index (χ1) is 19.8. The number of nitrogens with zero attached hydrogens (tertiary/aromatic N) is 4. The van der Waals surface area contributed by atoms with Crippen LogP contribution in [0, 0.1) is 24.2 Å². The molecule has 1 aromatic carbocycles. The molecule has 1 spiro atoms. The van der Waals surface area contributed by atoms with Gasteiger partial charge in [0, 0.05) is 38.0 Å². The van der Waals surface area contributed by atoms with Crippen molar-refractivity contribution in [2.75, 3.05) is 39.8 Å². The van der Waals surface area contributed by atoms with Crippen molar-refractivity contribution in [2.45, 2.75) is 81.7 Å². The molecule has 5 aliphatic rings. The number of carbonyl (C=O) groups excluding carboxylic acids is 2. The summed E-state index contributed by atoms with van der Waals surface area (Å²) in [6, 6.07) is 8.08. The Bertz CT molecular complexity index is 1230. The second-order valence-electron chi connectivity index (χ2n) is 12.4. The third-order valence-electron chi connectivity index (χ3n) is 9.99. The van der Waals surface area contributed by atoms with Crippen LogP contribution in [-0.2, 0) is 20.7 Å². The van der Waals surface area contributed by atoms with Crippen LogP contribution in [0.2, 0.25) is 0 Å². The first-order valence-electron chi connectivity index (χ1n) is 15.0. The van der Waals surface area contributed by atoms with Crippen LogP contribution in [0.3, 0.4) is 0 Å². The number of fused-ring (bicyclic) bond motifs is 2. The number of likely N-dealkylation sites (N-methyl/N-ethyl adjacent to an activating group) is 1. The smallest absolute Gasteiger partial charge is 0.246 e. The van der Waals surface area contributed by atoms with E-state index in [0.717, 1.165) is 42.7 Å². The number of likely N-dealkylation sites (tertiary alicyclic amines) is 1. The largest absolute Gasteiger partial charge is 0.479 e. The maximum atomic E-state index is 14.4. The Morgan fingerprint density at radius 2 is 2.12 bits per heavy atom. The van der Waals surface area contributed by atoms with Crippen LogP contribution in [0.25, 0.3) is 0 Å². The molecule has 220 valence electrons. The zero-order valence-corrected chi connectivity index (χ0v) is 24.2. The van der Waals surface area contributed by atoms with Crippen LogP contribution in [0.1, 0.15) is 43.2 Å². The van der Waals surface area contributed by atoms with Crippen molar-refractivity contribution < 1.29 is 19.1 Å². The van der Waals surface area contributed by atoms with Crippen molar-refractivity contribution in [1.82, 2.24) is 25.3 Å². The molecule has 41 heavy (non-hydrogen) atoms.